The van der Waals surface area contributed by atoms with E-state index >= 15 is 0 Å². The maximum Gasteiger partial charge on any atom is 0.417 e. The molecule has 0 atom stereocenters. The molecule has 0 amide bonds. The van der Waals surface area contributed by atoms with Gasteiger partial charge in [-0.25, -0.2) is 15.0 Å². The molecule has 10 heteroatoms. The average Bonchev–Trinajstić information content (AvgIpc) is 3.11. The second-order valence-corrected chi connectivity index (χ2v) is 6.99. The lowest BCUT2D eigenvalue weighted by molar-refractivity contribution is -0.137. The zero-order valence-corrected chi connectivity index (χ0v) is 16.0. The first kappa shape index (κ1) is 20.1. The van der Waals surface area contributed by atoms with Gasteiger partial charge in [-0.15, -0.1) is 0 Å². The molecule has 0 saturated carbocycles. The minimum absolute atomic E-state index is 0.0726. The van der Waals surface area contributed by atoms with E-state index in [4.69, 9.17) is 11.6 Å². The quantitative estimate of drug-likeness (QED) is 0.327. The third kappa shape index (κ3) is 4.35. The van der Waals surface area contributed by atoms with Gasteiger partial charge in [0.1, 0.15) is 16.6 Å². The summed E-state index contributed by atoms with van der Waals surface area (Å²) in [5.41, 5.74) is 1.05. The lowest BCUT2D eigenvalue weighted by Crippen LogP contribution is -2.05. The van der Waals surface area contributed by atoms with Crippen molar-refractivity contribution in [2.75, 3.05) is 5.32 Å². The molecule has 30 heavy (non-hydrogen) atoms. The number of hydrogen-bond acceptors (Lipinski definition) is 4. The second kappa shape index (κ2) is 7.91. The fourth-order valence-corrected chi connectivity index (χ4v) is 3.07. The van der Waals surface area contributed by atoms with Gasteiger partial charge in [0, 0.05) is 42.5 Å². The van der Waals surface area contributed by atoms with Crippen molar-refractivity contribution in [1.29, 1.82) is 0 Å². The van der Waals surface area contributed by atoms with Crippen molar-refractivity contribution in [3.8, 4) is 0 Å². The van der Waals surface area contributed by atoms with E-state index in [0.29, 0.717) is 34.1 Å². The molecule has 0 radical (unpaired) electrons. The smallest absolute Gasteiger partial charge is 0.366 e. The Labute approximate surface area is 173 Å². The second-order valence-electron chi connectivity index (χ2n) is 6.60. The number of anilines is 1. The van der Waals surface area contributed by atoms with E-state index in [0.717, 1.165) is 17.8 Å². The van der Waals surface area contributed by atoms with E-state index in [9.17, 15) is 17.6 Å². The minimum Gasteiger partial charge on any atom is -0.366 e. The Kier molecular flexibility index (Phi) is 5.29. The zero-order valence-electron chi connectivity index (χ0n) is 15.3. The highest BCUT2D eigenvalue weighted by molar-refractivity contribution is 6.29. The molecule has 0 saturated heterocycles. The highest BCUT2D eigenvalue weighted by Crippen LogP contribution is 2.31. The number of alkyl halides is 3. The van der Waals surface area contributed by atoms with Crippen LogP contribution in [0, 0.1) is 5.95 Å². The summed E-state index contributed by atoms with van der Waals surface area (Å²) in [5.74, 6) is -0.380. The Bertz CT molecular complexity index is 1190. The predicted octanol–water partition coefficient (Wildman–Crippen LogP) is 5.37. The predicted molar refractivity (Wildman–Crippen MR) is 105 cm³/mol. The van der Waals surface area contributed by atoms with Crippen LogP contribution in [0.5, 0.6) is 0 Å². The molecule has 0 bridgehead atoms. The van der Waals surface area contributed by atoms with Crippen LogP contribution in [-0.4, -0.2) is 19.9 Å². The molecule has 4 rings (SSSR count). The maximum absolute atomic E-state index is 14.5. The number of H-pyrrole nitrogens is 1. The number of aromatic nitrogens is 4. The molecule has 0 aromatic carbocycles. The fraction of sp³-hybridized carbons (Fsp3) is 0.150. The van der Waals surface area contributed by atoms with Gasteiger partial charge in [0.15, 0.2) is 0 Å². The molecule has 0 unspecified atom stereocenters. The molecule has 4 heterocycles. The summed E-state index contributed by atoms with van der Waals surface area (Å²) < 4.78 is 53.4. The Balaban J connectivity index is 1.52. The van der Waals surface area contributed by atoms with Gasteiger partial charge in [-0.05, 0) is 29.3 Å². The number of halogens is 5. The van der Waals surface area contributed by atoms with Crippen molar-refractivity contribution in [2.24, 2.45) is 0 Å². The van der Waals surface area contributed by atoms with E-state index in [1.807, 2.05) is 0 Å². The zero-order chi connectivity index (χ0) is 21.3. The average molecular weight is 436 g/mol. The first-order valence-electron chi connectivity index (χ1n) is 8.82. The number of hydrogen-bond donors (Lipinski definition) is 2. The number of aromatic amines is 1. The third-order valence-electron chi connectivity index (χ3n) is 4.51. The number of fused-ring (bicyclic) bond motifs is 1. The van der Waals surface area contributed by atoms with Crippen LogP contribution in [0.2, 0.25) is 5.15 Å². The topological polar surface area (TPSA) is 66.5 Å². The highest BCUT2D eigenvalue weighted by Gasteiger charge is 2.31. The van der Waals surface area contributed by atoms with Crippen LogP contribution in [-0.2, 0) is 19.1 Å². The lowest BCUT2D eigenvalue weighted by Gasteiger charge is -2.09. The van der Waals surface area contributed by atoms with Crippen molar-refractivity contribution in [1.82, 2.24) is 19.9 Å². The van der Waals surface area contributed by atoms with Gasteiger partial charge < -0.3 is 10.3 Å². The van der Waals surface area contributed by atoms with E-state index in [1.54, 1.807) is 30.5 Å². The molecule has 0 aliphatic heterocycles. The Morgan fingerprint density at radius 1 is 1.03 bits per heavy atom. The summed E-state index contributed by atoms with van der Waals surface area (Å²) in [5, 5.41) is 3.66. The Morgan fingerprint density at radius 3 is 2.57 bits per heavy atom. The summed E-state index contributed by atoms with van der Waals surface area (Å²) in [6.07, 6.45) is -0.544. The van der Waals surface area contributed by atoms with Gasteiger partial charge >= 0.3 is 6.18 Å². The highest BCUT2D eigenvalue weighted by atomic mass is 35.5. The molecule has 0 aliphatic rings. The third-order valence-corrected chi connectivity index (χ3v) is 4.74. The minimum atomic E-state index is -4.50. The number of nitrogens with zero attached hydrogens (tertiary/aromatic N) is 3. The van der Waals surface area contributed by atoms with E-state index in [1.165, 1.54) is 6.20 Å². The molecule has 2 N–H and O–H groups in total. The molecule has 154 valence electrons. The molecule has 4 aromatic rings. The van der Waals surface area contributed by atoms with Crippen LogP contribution >= 0.6 is 11.6 Å². The Morgan fingerprint density at radius 2 is 1.87 bits per heavy atom. The first-order chi connectivity index (χ1) is 14.3. The van der Waals surface area contributed by atoms with E-state index in [-0.39, 0.29) is 12.0 Å². The summed E-state index contributed by atoms with van der Waals surface area (Å²) >= 11 is 5.74. The van der Waals surface area contributed by atoms with Crippen LogP contribution in [0.3, 0.4) is 0 Å². The van der Waals surface area contributed by atoms with Gasteiger partial charge in [0.05, 0.1) is 5.56 Å². The van der Waals surface area contributed by atoms with Gasteiger partial charge in [-0.1, -0.05) is 23.7 Å². The normalized spacial score (nSPS) is 11.8. The molecular formula is C20H14ClF4N5. The standard InChI is InChI=1S/C20H14ClF4N5/c21-16-3-1-11(7-26-16)8-27-17-4-2-12(18(22)30-17)5-13-9-28-19-15(13)6-14(10-29-19)20(23,24)25/h1-4,6-7,9-10H,5,8H2,(H,27,30)(H,28,29). The number of rotatable bonds is 5. The molecule has 0 fully saturated rings. The van der Waals surface area contributed by atoms with Gasteiger partial charge in [-0.3, -0.25) is 0 Å². The van der Waals surface area contributed by atoms with Crippen LogP contribution in [0.15, 0.2) is 48.9 Å². The molecule has 4 aromatic heterocycles. The number of nitrogens with one attached hydrogen (secondary N) is 2. The van der Waals surface area contributed by atoms with Crippen LogP contribution in [0.4, 0.5) is 23.4 Å². The number of pyridine rings is 3. The van der Waals surface area contributed by atoms with Gasteiger partial charge in [0.25, 0.3) is 0 Å². The van der Waals surface area contributed by atoms with Crippen LogP contribution < -0.4 is 5.32 Å². The summed E-state index contributed by atoms with van der Waals surface area (Å²) in [6.45, 7) is 0.379. The monoisotopic (exact) mass is 435 g/mol. The van der Waals surface area contributed by atoms with Crippen molar-refractivity contribution in [3.05, 3.63) is 82.3 Å². The van der Waals surface area contributed by atoms with Gasteiger partial charge in [0.2, 0.25) is 5.95 Å². The van der Waals surface area contributed by atoms with Crippen molar-refractivity contribution < 1.29 is 17.6 Å². The summed E-state index contributed by atoms with van der Waals surface area (Å²) in [4.78, 5) is 14.5. The maximum atomic E-state index is 14.5. The molecular weight excluding hydrogens is 422 g/mol. The Hall–Kier alpha value is -3.20. The molecule has 0 aliphatic carbocycles. The lowest BCUT2D eigenvalue weighted by atomic mass is 10.1. The van der Waals surface area contributed by atoms with Crippen molar-refractivity contribution in [3.63, 3.8) is 0 Å². The fourth-order valence-electron chi connectivity index (χ4n) is 2.96. The molecule has 0 spiro atoms. The van der Waals surface area contributed by atoms with E-state index < -0.39 is 17.7 Å². The van der Waals surface area contributed by atoms with Crippen molar-refractivity contribution in [2.45, 2.75) is 19.1 Å². The SMILES string of the molecule is Fc1nc(NCc2ccc(Cl)nc2)ccc1Cc1c[nH]c2ncc(C(F)(F)F)cc12. The van der Waals surface area contributed by atoms with Crippen LogP contribution in [0.1, 0.15) is 22.3 Å². The summed E-state index contributed by atoms with van der Waals surface area (Å²) in [6, 6.07) is 7.60. The van der Waals surface area contributed by atoms with Gasteiger partial charge in [-0.2, -0.15) is 17.6 Å². The first-order valence-corrected chi connectivity index (χ1v) is 9.20. The largest absolute Gasteiger partial charge is 0.417 e. The van der Waals surface area contributed by atoms with E-state index in [2.05, 4.69) is 25.3 Å². The van der Waals surface area contributed by atoms with Crippen molar-refractivity contribution >= 4 is 28.5 Å². The molecule has 5 nitrogen and oxygen atoms in total. The summed E-state index contributed by atoms with van der Waals surface area (Å²) in [7, 11) is 0. The van der Waals surface area contributed by atoms with Crippen LogP contribution in [0.25, 0.3) is 11.0 Å².